The molecular formula is C14H16O5S2. The van der Waals surface area contributed by atoms with Crippen LogP contribution < -0.4 is 0 Å². The Balaban J connectivity index is 2.55. The molecular weight excluding hydrogens is 312 g/mol. The first-order valence-corrected chi connectivity index (χ1v) is 8.38. The zero-order valence-electron chi connectivity index (χ0n) is 12.2. The van der Waals surface area contributed by atoms with Gasteiger partial charge in [0.05, 0.1) is 14.2 Å². The number of fused-ring (bicyclic) bond motifs is 1. The zero-order chi connectivity index (χ0) is 15.8. The third-order valence-corrected chi connectivity index (χ3v) is 6.46. The minimum atomic E-state index is -3.72. The van der Waals surface area contributed by atoms with Gasteiger partial charge in [0.25, 0.3) is 10.1 Å². The molecule has 1 heterocycles. The van der Waals surface area contributed by atoms with Crippen molar-refractivity contribution in [1.29, 1.82) is 0 Å². The lowest BCUT2D eigenvalue weighted by Gasteiger charge is -2.23. The maximum atomic E-state index is 12.0. The summed E-state index contributed by atoms with van der Waals surface area (Å²) in [6.07, 6.45) is 0. The van der Waals surface area contributed by atoms with Crippen molar-refractivity contribution in [3.8, 4) is 0 Å². The molecule has 0 saturated carbocycles. The van der Waals surface area contributed by atoms with Gasteiger partial charge in [-0.1, -0.05) is 6.07 Å². The van der Waals surface area contributed by atoms with Crippen LogP contribution in [-0.4, -0.2) is 28.6 Å². The topological polar surface area (TPSA) is 69.7 Å². The van der Waals surface area contributed by atoms with E-state index in [1.54, 1.807) is 38.1 Å². The molecule has 0 saturated heterocycles. The van der Waals surface area contributed by atoms with Crippen molar-refractivity contribution >= 4 is 37.5 Å². The molecule has 0 aliphatic heterocycles. The Morgan fingerprint density at radius 1 is 1.19 bits per heavy atom. The molecule has 7 heteroatoms. The Bertz CT molecular complexity index is 787. The molecule has 0 aliphatic carbocycles. The Morgan fingerprint density at radius 2 is 1.86 bits per heavy atom. The lowest BCUT2D eigenvalue weighted by molar-refractivity contribution is 0.0606. The number of hydrogen-bond donors (Lipinski definition) is 0. The molecule has 0 atom stereocenters. The summed E-state index contributed by atoms with van der Waals surface area (Å²) >= 11 is 1.31. The Kier molecular flexibility index (Phi) is 4.10. The molecule has 0 unspecified atom stereocenters. The Labute approximate surface area is 127 Å². The highest BCUT2D eigenvalue weighted by molar-refractivity contribution is 7.87. The molecule has 2 rings (SSSR count). The number of thiophene rings is 1. The molecule has 0 bridgehead atoms. The van der Waals surface area contributed by atoms with Crippen LogP contribution in [0.3, 0.4) is 0 Å². The normalized spacial score (nSPS) is 12.6. The van der Waals surface area contributed by atoms with Crippen LogP contribution in [0.1, 0.15) is 29.1 Å². The maximum Gasteiger partial charge on any atom is 0.348 e. The van der Waals surface area contributed by atoms with Crippen molar-refractivity contribution in [2.75, 3.05) is 14.2 Å². The van der Waals surface area contributed by atoms with Crippen LogP contribution in [0.2, 0.25) is 0 Å². The van der Waals surface area contributed by atoms with Crippen LogP contribution in [-0.2, 0) is 23.8 Å². The standard InChI is InChI=1S/C14H16O5S2/c1-14(2,21(16,17)19-4)10-5-6-11-9(7-10)8-12(20-11)13(15)18-3/h5-8H,1-4H3. The number of rotatable bonds is 4. The van der Waals surface area contributed by atoms with E-state index in [0.717, 1.165) is 17.2 Å². The van der Waals surface area contributed by atoms with E-state index < -0.39 is 20.8 Å². The van der Waals surface area contributed by atoms with Gasteiger partial charge >= 0.3 is 5.97 Å². The predicted molar refractivity (Wildman–Crippen MR) is 82.1 cm³/mol. The first-order valence-electron chi connectivity index (χ1n) is 6.15. The van der Waals surface area contributed by atoms with Crippen molar-refractivity contribution in [3.63, 3.8) is 0 Å². The van der Waals surface area contributed by atoms with Crippen molar-refractivity contribution < 1.29 is 22.1 Å². The molecule has 0 radical (unpaired) electrons. The van der Waals surface area contributed by atoms with Gasteiger partial charge < -0.3 is 4.74 Å². The molecule has 5 nitrogen and oxygen atoms in total. The lowest BCUT2D eigenvalue weighted by atomic mass is 10.0. The predicted octanol–water partition coefficient (Wildman–Crippen LogP) is 2.90. The molecule has 0 fully saturated rings. The molecule has 0 N–H and O–H groups in total. The van der Waals surface area contributed by atoms with Gasteiger partial charge in [0, 0.05) is 4.70 Å². The molecule has 1 aromatic heterocycles. The maximum absolute atomic E-state index is 12.0. The highest BCUT2D eigenvalue weighted by atomic mass is 32.2. The zero-order valence-corrected chi connectivity index (χ0v) is 13.8. The van der Waals surface area contributed by atoms with Crippen LogP contribution in [0.25, 0.3) is 10.1 Å². The number of methoxy groups -OCH3 is 1. The smallest absolute Gasteiger partial charge is 0.348 e. The highest BCUT2D eigenvalue weighted by Crippen LogP contribution is 2.35. The molecule has 0 aliphatic rings. The van der Waals surface area contributed by atoms with E-state index in [-0.39, 0.29) is 0 Å². The van der Waals surface area contributed by atoms with E-state index in [1.807, 2.05) is 0 Å². The highest BCUT2D eigenvalue weighted by Gasteiger charge is 2.36. The number of benzene rings is 1. The summed E-state index contributed by atoms with van der Waals surface area (Å²) in [5.74, 6) is -0.401. The summed E-state index contributed by atoms with van der Waals surface area (Å²) in [6.45, 7) is 3.17. The van der Waals surface area contributed by atoms with Crippen LogP contribution >= 0.6 is 11.3 Å². The van der Waals surface area contributed by atoms with Crippen molar-refractivity contribution in [1.82, 2.24) is 0 Å². The summed E-state index contributed by atoms with van der Waals surface area (Å²) in [7, 11) is -1.25. The van der Waals surface area contributed by atoms with Crippen molar-refractivity contribution in [3.05, 3.63) is 34.7 Å². The van der Waals surface area contributed by atoms with Gasteiger partial charge in [0.15, 0.2) is 0 Å². The average Bonchev–Trinajstić information content (AvgIpc) is 2.88. The van der Waals surface area contributed by atoms with Crippen LogP contribution in [0.15, 0.2) is 24.3 Å². The van der Waals surface area contributed by atoms with Crippen molar-refractivity contribution in [2.24, 2.45) is 0 Å². The first kappa shape index (κ1) is 15.9. The van der Waals surface area contributed by atoms with E-state index in [1.165, 1.54) is 18.4 Å². The second kappa shape index (κ2) is 5.40. The van der Waals surface area contributed by atoms with Gasteiger partial charge in [-0.05, 0) is 43.0 Å². The molecule has 21 heavy (non-hydrogen) atoms. The Morgan fingerprint density at radius 3 is 2.43 bits per heavy atom. The fraction of sp³-hybridized carbons (Fsp3) is 0.357. The molecule has 114 valence electrons. The van der Waals surface area contributed by atoms with Crippen molar-refractivity contribution in [2.45, 2.75) is 18.6 Å². The first-order chi connectivity index (χ1) is 9.72. The number of carbonyl (C=O) groups excluding carboxylic acids is 1. The fourth-order valence-electron chi connectivity index (χ4n) is 1.97. The molecule has 0 amide bonds. The largest absolute Gasteiger partial charge is 0.465 e. The van der Waals surface area contributed by atoms with Gasteiger partial charge in [-0.15, -0.1) is 11.3 Å². The Hall–Kier alpha value is -1.44. The second-order valence-electron chi connectivity index (χ2n) is 4.99. The number of esters is 1. The summed E-state index contributed by atoms with van der Waals surface area (Å²) in [4.78, 5) is 12.0. The summed E-state index contributed by atoms with van der Waals surface area (Å²) in [5.41, 5.74) is 0.603. The minimum absolute atomic E-state index is 0.401. The quantitative estimate of drug-likeness (QED) is 0.637. The van der Waals surface area contributed by atoms with Crippen LogP contribution in [0, 0.1) is 0 Å². The molecule has 1 aromatic carbocycles. The van der Waals surface area contributed by atoms with E-state index in [0.29, 0.717) is 10.4 Å². The summed E-state index contributed by atoms with van der Waals surface area (Å²) in [5, 5.41) is 0.803. The van der Waals surface area contributed by atoms with Crippen LogP contribution in [0.4, 0.5) is 0 Å². The van der Waals surface area contributed by atoms with Gasteiger partial charge in [0.1, 0.15) is 9.62 Å². The fourth-order valence-corrected chi connectivity index (χ4v) is 3.77. The van der Waals surface area contributed by atoms with E-state index in [2.05, 4.69) is 4.18 Å². The van der Waals surface area contributed by atoms with Crippen LogP contribution in [0.5, 0.6) is 0 Å². The summed E-state index contributed by atoms with van der Waals surface area (Å²) in [6, 6.07) is 6.99. The van der Waals surface area contributed by atoms with E-state index >= 15 is 0 Å². The SMILES string of the molecule is COC(=O)c1cc2cc(C(C)(C)S(=O)(=O)OC)ccc2s1. The number of ether oxygens (including phenoxy) is 1. The number of carbonyl (C=O) groups is 1. The summed E-state index contributed by atoms with van der Waals surface area (Å²) < 4.78 is 33.1. The lowest BCUT2D eigenvalue weighted by Crippen LogP contribution is -2.30. The van der Waals surface area contributed by atoms with E-state index in [4.69, 9.17) is 4.74 Å². The monoisotopic (exact) mass is 328 g/mol. The third kappa shape index (κ3) is 2.68. The average molecular weight is 328 g/mol. The second-order valence-corrected chi connectivity index (χ2v) is 8.33. The molecule has 0 spiro atoms. The number of hydrogen-bond acceptors (Lipinski definition) is 6. The minimum Gasteiger partial charge on any atom is -0.465 e. The van der Waals surface area contributed by atoms with Gasteiger partial charge in [-0.25, -0.2) is 4.79 Å². The van der Waals surface area contributed by atoms with Gasteiger partial charge in [-0.3, -0.25) is 4.18 Å². The van der Waals surface area contributed by atoms with Gasteiger partial charge in [-0.2, -0.15) is 8.42 Å². The van der Waals surface area contributed by atoms with E-state index in [9.17, 15) is 13.2 Å². The third-order valence-electron chi connectivity index (χ3n) is 3.44. The molecule has 2 aromatic rings. The van der Waals surface area contributed by atoms with Gasteiger partial charge in [0.2, 0.25) is 0 Å².